The van der Waals surface area contributed by atoms with E-state index in [4.69, 9.17) is 4.74 Å². The molecule has 4 bridgehead atoms. The number of carbonyl (C=O) groups is 1. The highest BCUT2D eigenvalue weighted by Gasteiger charge is 2.24. The summed E-state index contributed by atoms with van der Waals surface area (Å²) in [4.78, 5) is 15.1. The fourth-order valence-corrected chi connectivity index (χ4v) is 4.72. The monoisotopic (exact) mass is 437 g/mol. The Bertz CT molecular complexity index is 1100. The number of ether oxygens (including phenoxy) is 1. The number of aromatic nitrogens is 1. The zero-order chi connectivity index (χ0) is 21.2. The number of nitrogens with zero attached hydrogens (tertiary/aromatic N) is 2. The molecule has 0 spiro atoms. The zero-order valence-electron chi connectivity index (χ0n) is 17.6. The van der Waals surface area contributed by atoms with Crippen molar-refractivity contribution in [3.8, 4) is 17.0 Å². The standard InChI is InChI=1S/C23H27N5O2S/c1-27-11-10-24-8-9-25-31-26-23(29)17-7-6-16-12-21-19-4-2-3-5-22(19)30-15-18(27)14-28(21)20(16)13-17/h2-7,12-13,18,24-25H,8-11,14-15H2,1H3,(H,26,29). The first-order valence-electron chi connectivity index (χ1n) is 10.7. The van der Waals surface area contributed by atoms with E-state index in [0.717, 1.165) is 60.6 Å². The van der Waals surface area contributed by atoms with Crippen LogP contribution in [-0.2, 0) is 6.54 Å². The van der Waals surface area contributed by atoms with Gasteiger partial charge in [0.15, 0.2) is 0 Å². The number of fused-ring (bicyclic) bond motifs is 4. The van der Waals surface area contributed by atoms with Crippen LogP contribution >= 0.6 is 12.1 Å². The molecule has 2 aliphatic heterocycles. The minimum Gasteiger partial charge on any atom is -0.491 e. The second-order valence-electron chi connectivity index (χ2n) is 8.03. The number of rotatable bonds is 0. The third-order valence-electron chi connectivity index (χ3n) is 6.04. The first kappa shape index (κ1) is 20.4. The summed E-state index contributed by atoms with van der Waals surface area (Å²) in [5.74, 6) is 0.802. The fourth-order valence-electron chi connectivity index (χ4n) is 4.23. The van der Waals surface area contributed by atoms with Crippen molar-refractivity contribution in [2.75, 3.05) is 39.8 Å². The average Bonchev–Trinajstić information content (AvgIpc) is 3.12. The van der Waals surface area contributed by atoms with Gasteiger partial charge in [-0.25, -0.2) is 4.72 Å². The molecule has 0 fully saturated rings. The molecule has 7 nitrogen and oxygen atoms in total. The highest BCUT2D eigenvalue weighted by Crippen LogP contribution is 2.36. The van der Waals surface area contributed by atoms with Crippen LogP contribution in [0, 0.1) is 0 Å². The number of amides is 1. The molecule has 31 heavy (non-hydrogen) atoms. The molecule has 1 aromatic heterocycles. The van der Waals surface area contributed by atoms with E-state index in [0.29, 0.717) is 12.2 Å². The third-order valence-corrected chi connectivity index (χ3v) is 6.67. The van der Waals surface area contributed by atoms with Crippen LogP contribution in [0.2, 0.25) is 0 Å². The van der Waals surface area contributed by atoms with Crippen LogP contribution in [0.15, 0.2) is 48.5 Å². The van der Waals surface area contributed by atoms with Crippen LogP contribution in [0.4, 0.5) is 0 Å². The van der Waals surface area contributed by atoms with Gasteiger partial charge in [0, 0.05) is 66.9 Å². The minimum absolute atomic E-state index is 0.0988. The molecule has 2 aromatic carbocycles. The van der Waals surface area contributed by atoms with Gasteiger partial charge in [0.05, 0.1) is 11.7 Å². The maximum atomic E-state index is 12.7. The quantitative estimate of drug-likeness (QED) is 0.470. The van der Waals surface area contributed by atoms with Gasteiger partial charge in [-0.2, -0.15) is 0 Å². The van der Waals surface area contributed by atoms with Gasteiger partial charge in [-0.05, 0) is 37.4 Å². The lowest BCUT2D eigenvalue weighted by Crippen LogP contribution is -2.44. The molecule has 3 N–H and O–H groups in total. The Hall–Kier alpha value is -2.52. The van der Waals surface area contributed by atoms with E-state index in [1.807, 2.05) is 36.4 Å². The van der Waals surface area contributed by atoms with Gasteiger partial charge < -0.3 is 14.6 Å². The van der Waals surface area contributed by atoms with Crippen molar-refractivity contribution >= 4 is 28.9 Å². The van der Waals surface area contributed by atoms with Crippen molar-refractivity contribution in [2.24, 2.45) is 0 Å². The van der Waals surface area contributed by atoms with Crippen LogP contribution in [0.5, 0.6) is 5.75 Å². The van der Waals surface area contributed by atoms with Crippen molar-refractivity contribution in [1.29, 1.82) is 0 Å². The maximum absolute atomic E-state index is 12.7. The normalized spacial score (nSPS) is 20.7. The summed E-state index contributed by atoms with van der Waals surface area (Å²) < 4.78 is 14.7. The van der Waals surface area contributed by atoms with Crippen LogP contribution in [0.1, 0.15) is 10.4 Å². The zero-order valence-corrected chi connectivity index (χ0v) is 18.4. The molecule has 8 heteroatoms. The average molecular weight is 438 g/mol. The molecule has 162 valence electrons. The number of likely N-dealkylation sites (N-methyl/N-ethyl adjacent to an activating group) is 1. The van der Waals surface area contributed by atoms with Crippen molar-refractivity contribution in [3.05, 3.63) is 54.1 Å². The number of para-hydroxylation sites is 1. The number of benzene rings is 2. The largest absolute Gasteiger partial charge is 0.491 e. The van der Waals surface area contributed by atoms with E-state index in [1.165, 1.54) is 12.1 Å². The summed E-state index contributed by atoms with van der Waals surface area (Å²) in [6.45, 7) is 4.84. The van der Waals surface area contributed by atoms with E-state index in [2.05, 4.69) is 43.4 Å². The second kappa shape index (κ2) is 8.92. The van der Waals surface area contributed by atoms with Crippen molar-refractivity contribution in [3.63, 3.8) is 0 Å². The predicted octanol–water partition coefficient (Wildman–Crippen LogP) is 2.49. The van der Waals surface area contributed by atoms with Crippen molar-refractivity contribution in [2.45, 2.75) is 12.6 Å². The highest BCUT2D eigenvalue weighted by atomic mass is 32.2. The molecule has 3 aromatic rings. The van der Waals surface area contributed by atoms with E-state index < -0.39 is 0 Å². The molecule has 0 radical (unpaired) electrons. The summed E-state index contributed by atoms with van der Waals surface area (Å²) in [7, 11) is 2.16. The van der Waals surface area contributed by atoms with Gasteiger partial charge in [0.1, 0.15) is 12.4 Å². The smallest absolute Gasteiger partial charge is 0.262 e. The van der Waals surface area contributed by atoms with E-state index >= 15 is 0 Å². The van der Waals surface area contributed by atoms with E-state index in [-0.39, 0.29) is 11.9 Å². The van der Waals surface area contributed by atoms with Gasteiger partial charge in [0.2, 0.25) is 0 Å². The maximum Gasteiger partial charge on any atom is 0.262 e. The van der Waals surface area contributed by atoms with Crippen LogP contribution in [-0.4, -0.2) is 61.2 Å². The minimum atomic E-state index is -0.0988. The fraction of sp³-hybridized carbons (Fsp3) is 0.348. The summed E-state index contributed by atoms with van der Waals surface area (Å²) >= 11 is 1.23. The molecule has 0 saturated carbocycles. The number of hydrogen-bond acceptors (Lipinski definition) is 6. The molecule has 3 heterocycles. The molecule has 2 aliphatic rings. The van der Waals surface area contributed by atoms with Gasteiger partial charge in [0.25, 0.3) is 5.91 Å². The molecular formula is C23H27N5O2S. The topological polar surface area (TPSA) is 70.6 Å². The van der Waals surface area contributed by atoms with Crippen LogP contribution in [0.25, 0.3) is 22.2 Å². The predicted molar refractivity (Wildman–Crippen MR) is 125 cm³/mol. The molecule has 0 aliphatic carbocycles. The molecule has 0 saturated heterocycles. The molecule has 1 amide bonds. The Morgan fingerprint density at radius 3 is 2.94 bits per heavy atom. The summed E-state index contributed by atoms with van der Waals surface area (Å²) in [6, 6.07) is 16.6. The van der Waals surface area contributed by atoms with Gasteiger partial charge in [-0.1, -0.05) is 18.2 Å². The Kier molecular flexibility index (Phi) is 5.87. The summed E-state index contributed by atoms with van der Waals surface area (Å²) in [5, 5.41) is 4.58. The lowest BCUT2D eigenvalue weighted by atomic mass is 10.1. The van der Waals surface area contributed by atoms with Crippen LogP contribution in [0.3, 0.4) is 0 Å². The van der Waals surface area contributed by atoms with Crippen molar-refractivity contribution in [1.82, 2.24) is 24.2 Å². The number of nitrogens with one attached hydrogen (secondary N) is 3. The summed E-state index contributed by atoms with van der Waals surface area (Å²) in [5.41, 5.74) is 3.93. The Labute approximate surface area is 186 Å². The molecule has 5 rings (SSSR count). The lowest BCUT2D eigenvalue weighted by molar-refractivity contribution is 0.0984. The number of carbonyl (C=O) groups excluding carboxylic acids is 1. The third kappa shape index (κ3) is 4.16. The Morgan fingerprint density at radius 2 is 2.00 bits per heavy atom. The van der Waals surface area contributed by atoms with E-state index in [9.17, 15) is 4.79 Å². The first-order chi connectivity index (χ1) is 15.2. The Balaban J connectivity index is 1.63. The lowest BCUT2D eigenvalue weighted by Gasteiger charge is -2.32. The summed E-state index contributed by atoms with van der Waals surface area (Å²) in [6.07, 6.45) is 0. The van der Waals surface area contributed by atoms with E-state index in [1.54, 1.807) is 0 Å². The van der Waals surface area contributed by atoms with Gasteiger partial charge in [-0.3, -0.25) is 14.4 Å². The van der Waals surface area contributed by atoms with Crippen LogP contribution < -0.4 is 19.5 Å². The second-order valence-corrected chi connectivity index (χ2v) is 8.73. The number of hydrogen-bond donors (Lipinski definition) is 3. The molecule has 1 unspecified atom stereocenters. The van der Waals surface area contributed by atoms with Gasteiger partial charge in [-0.15, -0.1) is 0 Å². The Morgan fingerprint density at radius 1 is 1.10 bits per heavy atom. The SMILES string of the molecule is CN1CCNCCNSNC(=O)c2ccc3cc4n(c3c2)CC1COc1ccccc1-4. The molecular weight excluding hydrogens is 410 g/mol. The first-order valence-corrected chi connectivity index (χ1v) is 11.5. The van der Waals surface area contributed by atoms with Crippen molar-refractivity contribution < 1.29 is 9.53 Å². The highest BCUT2D eigenvalue weighted by molar-refractivity contribution is 7.96. The van der Waals surface area contributed by atoms with Gasteiger partial charge >= 0.3 is 0 Å². The molecule has 1 atom stereocenters.